The lowest BCUT2D eigenvalue weighted by atomic mass is 9.82. The van der Waals surface area contributed by atoms with Gasteiger partial charge < -0.3 is 5.32 Å². The molecule has 0 atom stereocenters. The second-order valence-corrected chi connectivity index (χ2v) is 7.24. The Morgan fingerprint density at radius 3 is 2.18 bits per heavy atom. The van der Waals surface area contributed by atoms with Gasteiger partial charge in [-0.1, -0.05) is 48.5 Å². The predicted molar refractivity (Wildman–Crippen MR) is 109 cm³/mol. The summed E-state index contributed by atoms with van der Waals surface area (Å²) in [5, 5.41) is 7.35. The predicted octanol–water partition coefficient (Wildman–Crippen LogP) is 3.69. The third-order valence-corrected chi connectivity index (χ3v) is 5.37. The Balaban J connectivity index is 1.42. The van der Waals surface area contributed by atoms with Crippen LogP contribution < -0.4 is 10.9 Å². The van der Waals surface area contributed by atoms with Gasteiger partial charge in [-0.3, -0.25) is 9.59 Å². The summed E-state index contributed by atoms with van der Waals surface area (Å²) in [4.78, 5) is 24.8. The Bertz CT molecular complexity index is 991. The Labute approximate surface area is 164 Å². The van der Waals surface area contributed by atoms with Crippen molar-refractivity contribution in [1.82, 2.24) is 15.1 Å². The highest BCUT2D eigenvalue weighted by atomic mass is 16.2. The average molecular weight is 373 g/mol. The van der Waals surface area contributed by atoms with Crippen LogP contribution in [0.5, 0.6) is 0 Å². The lowest BCUT2D eigenvalue weighted by Gasteiger charge is -2.29. The summed E-state index contributed by atoms with van der Waals surface area (Å²) in [6.45, 7) is 0. The minimum atomic E-state index is -0.258. The second kappa shape index (κ2) is 8.21. The monoisotopic (exact) mass is 373 g/mol. The zero-order chi connectivity index (χ0) is 19.3. The molecule has 0 saturated heterocycles. The molecule has 142 valence electrons. The molecule has 1 saturated carbocycles. The topological polar surface area (TPSA) is 64.0 Å². The van der Waals surface area contributed by atoms with Gasteiger partial charge in [-0.25, -0.2) is 0 Å². The standard InChI is InChI=1S/C23H23N3O2/c27-22-16-15-21(25-26(22)20-9-5-2-6-10-20)23(28)24-19-13-11-18(12-14-19)17-7-3-1-4-8-17/h1-10,15-16,18-19H,11-14H2,(H,24,28). The van der Waals surface area contributed by atoms with E-state index in [1.54, 1.807) is 12.1 Å². The molecule has 1 N–H and O–H groups in total. The van der Waals surface area contributed by atoms with E-state index in [0.29, 0.717) is 11.6 Å². The Kier molecular flexibility index (Phi) is 5.33. The molecule has 0 radical (unpaired) electrons. The highest BCUT2D eigenvalue weighted by molar-refractivity contribution is 5.92. The lowest BCUT2D eigenvalue weighted by Crippen LogP contribution is -2.38. The average Bonchev–Trinajstić information content (AvgIpc) is 2.76. The number of carbonyl (C=O) groups is 1. The van der Waals surface area contributed by atoms with Gasteiger partial charge in [-0.05, 0) is 55.4 Å². The van der Waals surface area contributed by atoms with Crippen molar-refractivity contribution in [3.8, 4) is 5.69 Å². The van der Waals surface area contributed by atoms with Crippen LogP contribution in [0.25, 0.3) is 5.69 Å². The van der Waals surface area contributed by atoms with Crippen molar-refractivity contribution in [3.63, 3.8) is 0 Å². The fourth-order valence-corrected chi connectivity index (χ4v) is 3.84. The van der Waals surface area contributed by atoms with E-state index in [1.807, 2.05) is 24.3 Å². The van der Waals surface area contributed by atoms with Crippen LogP contribution in [0, 0.1) is 0 Å². The Morgan fingerprint density at radius 2 is 1.50 bits per heavy atom. The maximum atomic E-state index is 12.7. The summed E-state index contributed by atoms with van der Waals surface area (Å²) < 4.78 is 1.27. The molecule has 5 nitrogen and oxygen atoms in total. The van der Waals surface area contributed by atoms with Crippen molar-refractivity contribution in [2.45, 2.75) is 37.6 Å². The second-order valence-electron chi connectivity index (χ2n) is 7.24. The number of nitrogens with zero attached hydrogens (tertiary/aromatic N) is 2. The normalized spacial score (nSPS) is 19.1. The number of hydrogen-bond acceptors (Lipinski definition) is 3. The van der Waals surface area contributed by atoms with Crippen LogP contribution in [-0.4, -0.2) is 21.7 Å². The van der Waals surface area contributed by atoms with Crippen molar-refractivity contribution in [1.29, 1.82) is 0 Å². The molecular formula is C23H23N3O2. The van der Waals surface area contributed by atoms with Crippen molar-refractivity contribution in [2.24, 2.45) is 0 Å². The van der Waals surface area contributed by atoms with Crippen LogP contribution >= 0.6 is 0 Å². The molecule has 0 aliphatic heterocycles. The molecule has 1 heterocycles. The molecule has 1 fully saturated rings. The molecule has 5 heteroatoms. The first-order valence-electron chi connectivity index (χ1n) is 9.72. The van der Waals surface area contributed by atoms with Crippen molar-refractivity contribution in [3.05, 3.63) is 94.4 Å². The number of carbonyl (C=O) groups excluding carboxylic acids is 1. The molecular weight excluding hydrogens is 350 g/mol. The van der Waals surface area contributed by atoms with Gasteiger partial charge in [0.2, 0.25) is 0 Å². The van der Waals surface area contributed by atoms with E-state index in [4.69, 9.17) is 0 Å². The summed E-state index contributed by atoms with van der Waals surface area (Å²) in [7, 11) is 0. The van der Waals surface area contributed by atoms with Crippen molar-refractivity contribution in [2.75, 3.05) is 0 Å². The highest BCUT2D eigenvalue weighted by Crippen LogP contribution is 2.32. The van der Waals surface area contributed by atoms with Crippen molar-refractivity contribution < 1.29 is 4.79 Å². The van der Waals surface area contributed by atoms with Gasteiger partial charge in [0.1, 0.15) is 5.69 Å². The Hall–Kier alpha value is -3.21. The van der Waals surface area contributed by atoms with Crippen LogP contribution in [0.3, 0.4) is 0 Å². The summed E-state index contributed by atoms with van der Waals surface area (Å²) in [6, 6.07) is 22.7. The van der Waals surface area contributed by atoms with E-state index in [2.05, 4.69) is 34.7 Å². The van der Waals surface area contributed by atoms with Crippen LogP contribution in [0.15, 0.2) is 77.6 Å². The van der Waals surface area contributed by atoms with Crippen LogP contribution in [-0.2, 0) is 0 Å². The molecule has 1 aliphatic carbocycles. The van der Waals surface area contributed by atoms with E-state index < -0.39 is 0 Å². The number of para-hydroxylation sites is 1. The highest BCUT2D eigenvalue weighted by Gasteiger charge is 2.24. The van der Waals surface area contributed by atoms with E-state index in [9.17, 15) is 9.59 Å². The summed E-state index contributed by atoms with van der Waals surface area (Å²) in [5.74, 6) is 0.334. The van der Waals surface area contributed by atoms with Gasteiger partial charge in [-0.2, -0.15) is 9.78 Å². The largest absolute Gasteiger partial charge is 0.348 e. The van der Waals surface area contributed by atoms with E-state index in [1.165, 1.54) is 22.4 Å². The number of hydrogen-bond donors (Lipinski definition) is 1. The molecule has 2 aromatic carbocycles. The number of aromatic nitrogens is 2. The van der Waals surface area contributed by atoms with Gasteiger partial charge in [0.25, 0.3) is 11.5 Å². The molecule has 0 bridgehead atoms. The fourth-order valence-electron chi connectivity index (χ4n) is 3.84. The quantitative estimate of drug-likeness (QED) is 0.759. The Morgan fingerprint density at radius 1 is 0.857 bits per heavy atom. The molecule has 4 rings (SSSR count). The number of benzene rings is 2. The van der Waals surface area contributed by atoms with Gasteiger partial charge in [0.15, 0.2) is 0 Å². The maximum Gasteiger partial charge on any atom is 0.271 e. The molecule has 0 spiro atoms. The molecule has 1 aromatic heterocycles. The van der Waals surface area contributed by atoms with Crippen LogP contribution in [0.1, 0.15) is 47.7 Å². The van der Waals surface area contributed by atoms with Gasteiger partial charge in [0, 0.05) is 12.1 Å². The van der Waals surface area contributed by atoms with E-state index in [0.717, 1.165) is 25.7 Å². The number of amides is 1. The summed E-state index contributed by atoms with van der Waals surface area (Å²) in [5.41, 5.74) is 2.02. The minimum Gasteiger partial charge on any atom is -0.348 e. The van der Waals surface area contributed by atoms with Gasteiger partial charge in [-0.15, -0.1) is 0 Å². The van der Waals surface area contributed by atoms with Crippen LogP contribution in [0.4, 0.5) is 0 Å². The first kappa shape index (κ1) is 18.2. The third kappa shape index (κ3) is 4.03. The molecule has 1 aliphatic rings. The third-order valence-electron chi connectivity index (χ3n) is 5.37. The summed E-state index contributed by atoms with van der Waals surface area (Å²) in [6.07, 6.45) is 4.02. The van der Waals surface area contributed by atoms with Gasteiger partial charge in [0.05, 0.1) is 5.69 Å². The minimum absolute atomic E-state index is 0.145. The lowest BCUT2D eigenvalue weighted by molar-refractivity contribution is 0.0919. The zero-order valence-electron chi connectivity index (χ0n) is 15.6. The summed E-state index contributed by atoms with van der Waals surface area (Å²) >= 11 is 0. The maximum absolute atomic E-state index is 12.7. The number of nitrogens with one attached hydrogen (secondary N) is 1. The van der Waals surface area contributed by atoms with Crippen molar-refractivity contribution >= 4 is 5.91 Å². The fraction of sp³-hybridized carbons (Fsp3) is 0.261. The first-order valence-corrected chi connectivity index (χ1v) is 9.72. The SMILES string of the molecule is O=C(NC1CCC(c2ccccc2)CC1)c1ccc(=O)n(-c2ccccc2)n1. The van der Waals surface area contributed by atoms with E-state index >= 15 is 0 Å². The molecule has 28 heavy (non-hydrogen) atoms. The smallest absolute Gasteiger partial charge is 0.271 e. The molecule has 1 amide bonds. The molecule has 0 unspecified atom stereocenters. The zero-order valence-corrected chi connectivity index (χ0v) is 15.6. The van der Waals surface area contributed by atoms with E-state index in [-0.39, 0.29) is 23.2 Å². The molecule has 3 aromatic rings. The number of rotatable bonds is 4. The van der Waals surface area contributed by atoms with Gasteiger partial charge >= 0.3 is 0 Å². The van der Waals surface area contributed by atoms with Crippen LogP contribution in [0.2, 0.25) is 0 Å². The first-order chi connectivity index (χ1) is 13.7.